The normalized spacial score (nSPS) is 16.2. The molecule has 1 atom stereocenters. The van der Waals surface area contributed by atoms with Crippen LogP contribution in [0.15, 0.2) is 0 Å². The first-order valence-electron chi connectivity index (χ1n) is 5.68. The Labute approximate surface area is 112 Å². The van der Waals surface area contributed by atoms with Crippen LogP contribution in [0.3, 0.4) is 0 Å². The molecule has 1 rings (SSSR count). The molecule has 0 saturated carbocycles. The number of nitrogens with two attached hydrogens (primary N) is 1. The highest BCUT2D eigenvalue weighted by molar-refractivity contribution is 7.85. The van der Waals surface area contributed by atoms with Crippen molar-refractivity contribution in [2.45, 2.75) is 13.0 Å². The van der Waals surface area contributed by atoms with E-state index in [4.69, 9.17) is 20.5 Å². The molecule has 1 saturated heterocycles. The summed E-state index contributed by atoms with van der Waals surface area (Å²) in [6.07, 6.45) is -1.23. The topological polar surface area (TPSA) is 162 Å². The minimum atomic E-state index is -3.80. The van der Waals surface area contributed by atoms with Crippen LogP contribution in [0.4, 0.5) is 0 Å². The van der Waals surface area contributed by atoms with Crippen LogP contribution in [0.5, 0.6) is 0 Å². The molecular formula is C9H23N3O6S. The molecule has 1 heterocycles. The van der Waals surface area contributed by atoms with Crippen LogP contribution in [0.2, 0.25) is 0 Å². The predicted octanol–water partition coefficient (Wildman–Crippen LogP) is -2.54. The molecule has 0 spiro atoms. The zero-order valence-electron chi connectivity index (χ0n) is 10.9. The third-order valence-electron chi connectivity index (χ3n) is 1.69. The average Bonchev–Trinajstić information content (AvgIpc) is 2.31. The van der Waals surface area contributed by atoms with E-state index in [0.29, 0.717) is 0 Å². The van der Waals surface area contributed by atoms with Crippen LogP contribution in [0, 0.1) is 0 Å². The minimum absolute atomic E-state index is 0.0289. The third-order valence-corrected chi connectivity index (χ3v) is 2.44. The summed E-state index contributed by atoms with van der Waals surface area (Å²) in [6.45, 7) is 5.72. The lowest BCUT2D eigenvalue weighted by Gasteiger charge is -2.11. The molecule has 0 aromatic rings. The number of rotatable bonds is 3. The van der Waals surface area contributed by atoms with Crippen molar-refractivity contribution in [1.82, 2.24) is 10.6 Å². The summed E-state index contributed by atoms with van der Waals surface area (Å²) in [5.74, 6) is -1.54. The van der Waals surface area contributed by atoms with Crippen molar-refractivity contribution in [1.29, 1.82) is 0 Å². The molecule has 0 aromatic heterocycles. The summed E-state index contributed by atoms with van der Waals surface area (Å²) < 4.78 is 27.3. The number of carbonyl (C=O) groups is 1. The summed E-state index contributed by atoms with van der Waals surface area (Å²) in [6, 6.07) is 0. The third kappa shape index (κ3) is 22.8. The van der Waals surface area contributed by atoms with Crippen molar-refractivity contribution in [2.24, 2.45) is 5.73 Å². The Morgan fingerprint density at radius 1 is 1.26 bits per heavy atom. The van der Waals surface area contributed by atoms with Crippen molar-refractivity contribution in [3.8, 4) is 0 Å². The van der Waals surface area contributed by atoms with E-state index >= 15 is 0 Å². The number of nitrogens with one attached hydrogen (secondary N) is 2. The molecule has 0 aromatic carbocycles. The highest BCUT2D eigenvalue weighted by Gasteiger charge is 2.01. The summed E-state index contributed by atoms with van der Waals surface area (Å²) in [5, 5.41) is 22.2. The zero-order valence-corrected chi connectivity index (χ0v) is 11.7. The van der Waals surface area contributed by atoms with E-state index in [1.54, 1.807) is 0 Å². The molecule has 1 aliphatic rings. The summed E-state index contributed by atoms with van der Waals surface area (Å²) in [7, 11) is -3.80. The lowest BCUT2D eigenvalue weighted by molar-refractivity contribution is -0.145. The van der Waals surface area contributed by atoms with Gasteiger partial charge in [0.2, 0.25) is 0 Å². The number of carboxylic acid groups (broad SMARTS) is 1. The number of hydrogen-bond acceptors (Lipinski definition) is 7. The molecule has 10 heteroatoms. The molecule has 0 aliphatic carbocycles. The molecule has 116 valence electrons. The van der Waals surface area contributed by atoms with Gasteiger partial charge in [0.15, 0.2) is 0 Å². The van der Waals surface area contributed by atoms with Crippen molar-refractivity contribution >= 4 is 16.1 Å². The summed E-state index contributed by atoms with van der Waals surface area (Å²) >= 11 is 0. The van der Waals surface area contributed by atoms with Gasteiger partial charge in [-0.05, 0) is 6.92 Å². The van der Waals surface area contributed by atoms with Crippen molar-refractivity contribution in [3.05, 3.63) is 0 Å². The van der Waals surface area contributed by atoms with Gasteiger partial charge in [-0.25, -0.2) is 4.79 Å². The van der Waals surface area contributed by atoms with Gasteiger partial charge < -0.3 is 26.6 Å². The number of aliphatic hydroxyl groups excluding tert-OH is 1. The Hall–Kier alpha value is -0.780. The van der Waals surface area contributed by atoms with Gasteiger partial charge in [-0.3, -0.25) is 4.55 Å². The van der Waals surface area contributed by atoms with Gasteiger partial charge in [-0.2, -0.15) is 8.42 Å². The molecule has 0 radical (unpaired) electrons. The monoisotopic (exact) mass is 301 g/mol. The fourth-order valence-electron chi connectivity index (χ4n) is 0.752. The second kappa shape index (κ2) is 12.3. The number of aliphatic carboxylic acids is 1. The van der Waals surface area contributed by atoms with Gasteiger partial charge in [-0.15, -0.1) is 0 Å². The standard InChI is InChI=1S/C4H10N2.C3H6O3.C2H7NO3S/c1-2-6-4-3-5-1;1-2(4)3(5)6;3-1-2-7(4,5)6/h5-6H,1-4H2;2,4H,1H3,(H,5,6);1-3H2,(H,4,5,6). The summed E-state index contributed by atoms with van der Waals surface area (Å²) in [5.41, 5.74) is 4.78. The highest BCUT2D eigenvalue weighted by Crippen LogP contribution is 1.74. The lowest BCUT2D eigenvalue weighted by Crippen LogP contribution is -2.39. The maximum Gasteiger partial charge on any atom is 0.332 e. The van der Waals surface area contributed by atoms with Gasteiger partial charge in [0.05, 0.1) is 5.75 Å². The Morgan fingerprint density at radius 3 is 1.63 bits per heavy atom. The number of carboxylic acids is 1. The molecule has 9 nitrogen and oxygen atoms in total. The van der Waals surface area contributed by atoms with Crippen LogP contribution in [0.1, 0.15) is 6.92 Å². The van der Waals surface area contributed by atoms with Crippen molar-refractivity contribution < 1.29 is 28.0 Å². The van der Waals surface area contributed by atoms with E-state index in [1.807, 2.05) is 0 Å². The van der Waals surface area contributed by atoms with Crippen LogP contribution < -0.4 is 16.4 Å². The molecular weight excluding hydrogens is 278 g/mol. The number of aliphatic hydroxyl groups is 1. The first-order chi connectivity index (χ1) is 8.70. The molecule has 19 heavy (non-hydrogen) atoms. The van der Waals surface area contributed by atoms with E-state index < -0.39 is 22.2 Å². The van der Waals surface area contributed by atoms with Crippen LogP contribution >= 0.6 is 0 Å². The maximum atomic E-state index is 9.71. The largest absolute Gasteiger partial charge is 0.479 e. The molecule has 0 amide bonds. The molecule has 1 aliphatic heterocycles. The average molecular weight is 301 g/mol. The Morgan fingerprint density at radius 2 is 1.58 bits per heavy atom. The Bertz CT molecular complexity index is 304. The van der Waals surface area contributed by atoms with E-state index in [0.717, 1.165) is 26.2 Å². The first-order valence-corrected chi connectivity index (χ1v) is 7.29. The predicted molar refractivity (Wildman–Crippen MR) is 70.5 cm³/mol. The van der Waals surface area contributed by atoms with E-state index in [2.05, 4.69) is 10.6 Å². The lowest BCUT2D eigenvalue weighted by atomic mass is 10.4. The maximum absolute atomic E-state index is 9.71. The van der Waals surface area contributed by atoms with Crippen molar-refractivity contribution in [2.75, 3.05) is 38.5 Å². The fourth-order valence-corrected chi connectivity index (χ4v) is 1.05. The molecule has 1 fully saturated rings. The van der Waals surface area contributed by atoms with Gasteiger partial charge >= 0.3 is 5.97 Å². The molecule has 7 N–H and O–H groups in total. The first kappa shape index (κ1) is 20.5. The zero-order chi connectivity index (χ0) is 15.3. The van der Waals surface area contributed by atoms with Gasteiger partial charge in [0.25, 0.3) is 10.1 Å². The highest BCUT2D eigenvalue weighted by atomic mass is 32.2. The van der Waals surface area contributed by atoms with E-state index in [1.165, 1.54) is 6.92 Å². The molecule has 1 unspecified atom stereocenters. The van der Waals surface area contributed by atoms with E-state index in [-0.39, 0.29) is 12.3 Å². The van der Waals surface area contributed by atoms with Crippen LogP contribution in [-0.2, 0) is 14.9 Å². The van der Waals surface area contributed by atoms with Crippen LogP contribution in [-0.4, -0.2) is 73.7 Å². The number of hydrogen-bond donors (Lipinski definition) is 6. The fraction of sp³-hybridized carbons (Fsp3) is 0.889. The SMILES string of the molecule is C1CNCCN1.CC(O)C(=O)O.NCCS(=O)(=O)O. The molecule has 0 bridgehead atoms. The van der Waals surface area contributed by atoms with Crippen molar-refractivity contribution in [3.63, 3.8) is 0 Å². The Kier molecular flexibility index (Phi) is 13.3. The van der Waals surface area contributed by atoms with Gasteiger partial charge in [-0.1, -0.05) is 0 Å². The van der Waals surface area contributed by atoms with E-state index in [9.17, 15) is 13.2 Å². The van der Waals surface area contributed by atoms with Gasteiger partial charge in [0.1, 0.15) is 6.10 Å². The van der Waals surface area contributed by atoms with Gasteiger partial charge in [0, 0.05) is 32.7 Å². The smallest absolute Gasteiger partial charge is 0.332 e. The Balaban J connectivity index is 0. The summed E-state index contributed by atoms with van der Waals surface area (Å²) in [4.78, 5) is 9.45. The quantitative estimate of drug-likeness (QED) is 0.308. The minimum Gasteiger partial charge on any atom is -0.479 e. The number of piperazine rings is 1. The van der Waals surface area contributed by atoms with Crippen LogP contribution in [0.25, 0.3) is 0 Å². The second-order valence-electron chi connectivity index (χ2n) is 3.59. The second-order valence-corrected chi connectivity index (χ2v) is 5.16.